The molecule has 0 fully saturated rings. The van der Waals surface area contributed by atoms with Gasteiger partial charge in [-0.1, -0.05) is 12.1 Å². The third kappa shape index (κ3) is 3.96. The van der Waals surface area contributed by atoms with Crippen molar-refractivity contribution < 1.29 is 18.7 Å². The molecule has 0 aliphatic carbocycles. The number of ether oxygens (including phenoxy) is 1. The number of benzene rings is 2. The number of anilines is 1. The van der Waals surface area contributed by atoms with Gasteiger partial charge in [0.1, 0.15) is 12.4 Å². The number of hydrogen-bond donors (Lipinski definition) is 1. The van der Waals surface area contributed by atoms with Crippen molar-refractivity contribution in [2.24, 2.45) is 0 Å². The molecule has 0 aliphatic heterocycles. The van der Waals surface area contributed by atoms with E-state index in [1.165, 1.54) is 25.1 Å². The molecule has 5 nitrogen and oxygen atoms in total. The van der Waals surface area contributed by atoms with Crippen LogP contribution in [0.3, 0.4) is 0 Å². The molecule has 0 bridgehead atoms. The highest BCUT2D eigenvalue weighted by Crippen LogP contribution is 2.22. The number of esters is 1. The Kier molecular flexibility index (Phi) is 5.27. The smallest absolute Gasteiger partial charge is 0.340 e. The molecule has 1 amide bonds. The van der Waals surface area contributed by atoms with E-state index in [0.717, 1.165) is 6.07 Å². The maximum absolute atomic E-state index is 13.7. The van der Waals surface area contributed by atoms with Crippen molar-refractivity contribution in [1.29, 1.82) is 5.26 Å². The van der Waals surface area contributed by atoms with E-state index in [-0.39, 0.29) is 29.2 Å². The molecule has 6 heteroatoms. The van der Waals surface area contributed by atoms with E-state index in [9.17, 15) is 14.0 Å². The molecule has 0 saturated carbocycles. The first-order valence-electron chi connectivity index (χ1n) is 7.15. The Morgan fingerprint density at radius 1 is 1.29 bits per heavy atom. The first-order valence-corrected chi connectivity index (χ1v) is 7.15. The number of hydrogen-bond acceptors (Lipinski definition) is 4. The van der Waals surface area contributed by atoms with Crippen LogP contribution in [0.2, 0.25) is 0 Å². The fourth-order valence-electron chi connectivity index (χ4n) is 2.16. The highest BCUT2D eigenvalue weighted by atomic mass is 19.1. The van der Waals surface area contributed by atoms with E-state index in [1.807, 2.05) is 6.07 Å². The molecule has 0 spiro atoms. The summed E-state index contributed by atoms with van der Waals surface area (Å²) in [6.45, 7) is 2.77. The van der Waals surface area contributed by atoms with E-state index in [0.29, 0.717) is 11.3 Å². The van der Waals surface area contributed by atoms with Gasteiger partial charge in [0.2, 0.25) is 5.91 Å². The van der Waals surface area contributed by atoms with E-state index in [1.54, 1.807) is 19.1 Å². The van der Waals surface area contributed by atoms with Crippen molar-refractivity contribution in [3.05, 3.63) is 64.5 Å². The Labute approximate surface area is 138 Å². The SMILES string of the molecule is CC(=O)Nc1c(C)cccc1C(=O)OCc1cc(C#N)ccc1F. The highest BCUT2D eigenvalue weighted by Gasteiger charge is 2.16. The summed E-state index contributed by atoms with van der Waals surface area (Å²) in [6.07, 6.45) is 0. The summed E-state index contributed by atoms with van der Waals surface area (Å²) in [4.78, 5) is 23.6. The van der Waals surface area contributed by atoms with E-state index in [4.69, 9.17) is 10.00 Å². The summed E-state index contributed by atoms with van der Waals surface area (Å²) in [7, 11) is 0. The lowest BCUT2D eigenvalue weighted by molar-refractivity contribution is -0.114. The van der Waals surface area contributed by atoms with Gasteiger partial charge in [0.25, 0.3) is 0 Å². The fraction of sp³-hybridized carbons (Fsp3) is 0.167. The second-order valence-electron chi connectivity index (χ2n) is 5.17. The number of amides is 1. The molecule has 0 atom stereocenters. The van der Waals surface area contributed by atoms with Crippen LogP contribution in [0.25, 0.3) is 0 Å². The number of nitrogens with zero attached hydrogens (tertiary/aromatic N) is 1. The van der Waals surface area contributed by atoms with Crippen molar-refractivity contribution in [2.75, 3.05) is 5.32 Å². The maximum atomic E-state index is 13.7. The Hall–Kier alpha value is -3.20. The van der Waals surface area contributed by atoms with Crippen LogP contribution in [0.1, 0.15) is 34.0 Å². The number of para-hydroxylation sites is 1. The summed E-state index contributed by atoms with van der Waals surface area (Å²) in [5, 5.41) is 11.4. The first-order chi connectivity index (χ1) is 11.4. The molecule has 24 heavy (non-hydrogen) atoms. The van der Waals surface area contributed by atoms with Crippen LogP contribution in [0, 0.1) is 24.1 Å². The minimum absolute atomic E-state index is 0.108. The second kappa shape index (κ2) is 7.38. The zero-order valence-electron chi connectivity index (χ0n) is 13.2. The fourth-order valence-corrected chi connectivity index (χ4v) is 2.16. The number of halogens is 1. The molecular formula is C18H15FN2O3. The van der Waals surface area contributed by atoms with Crippen LogP contribution in [-0.4, -0.2) is 11.9 Å². The van der Waals surface area contributed by atoms with Crippen molar-refractivity contribution in [3.63, 3.8) is 0 Å². The number of carbonyl (C=O) groups excluding carboxylic acids is 2. The lowest BCUT2D eigenvalue weighted by Gasteiger charge is -2.12. The minimum atomic E-state index is -0.691. The summed E-state index contributed by atoms with van der Waals surface area (Å²) in [6, 6.07) is 10.6. The Morgan fingerprint density at radius 3 is 2.71 bits per heavy atom. The van der Waals surface area contributed by atoms with Crippen LogP contribution in [0.15, 0.2) is 36.4 Å². The van der Waals surface area contributed by atoms with Crippen LogP contribution < -0.4 is 5.32 Å². The number of nitriles is 1. The van der Waals surface area contributed by atoms with Gasteiger partial charge < -0.3 is 10.1 Å². The van der Waals surface area contributed by atoms with Gasteiger partial charge >= 0.3 is 5.97 Å². The molecule has 2 aromatic rings. The second-order valence-corrected chi connectivity index (χ2v) is 5.17. The van der Waals surface area contributed by atoms with Gasteiger partial charge in [-0.25, -0.2) is 9.18 Å². The topological polar surface area (TPSA) is 79.2 Å². The lowest BCUT2D eigenvalue weighted by atomic mass is 10.1. The summed E-state index contributed by atoms with van der Waals surface area (Å²) >= 11 is 0. The van der Waals surface area contributed by atoms with Crippen LogP contribution in [0.4, 0.5) is 10.1 Å². The monoisotopic (exact) mass is 326 g/mol. The number of rotatable bonds is 4. The van der Waals surface area contributed by atoms with Gasteiger partial charge in [0, 0.05) is 12.5 Å². The van der Waals surface area contributed by atoms with Gasteiger partial charge in [-0.3, -0.25) is 4.79 Å². The van der Waals surface area contributed by atoms with E-state index in [2.05, 4.69) is 5.32 Å². The average molecular weight is 326 g/mol. The predicted octanol–water partition coefficient (Wildman–Crippen LogP) is 3.32. The molecule has 0 aliphatic rings. The van der Waals surface area contributed by atoms with Crippen molar-refractivity contribution in [2.45, 2.75) is 20.5 Å². The Morgan fingerprint density at radius 2 is 2.04 bits per heavy atom. The quantitative estimate of drug-likeness (QED) is 0.874. The summed E-state index contributed by atoms with van der Waals surface area (Å²) in [5.74, 6) is -1.57. The lowest BCUT2D eigenvalue weighted by Crippen LogP contribution is -2.14. The molecule has 2 aromatic carbocycles. The van der Waals surface area contributed by atoms with Crippen LogP contribution in [0.5, 0.6) is 0 Å². The number of carbonyl (C=O) groups is 2. The third-order valence-corrected chi connectivity index (χ3v) is 3.33. The van der Waals surface area contributed by atoms with Gasteiger partial charge in [-0.2, -0.15) is 5.26 Å². The zero-order valence-corrected chi connectivity index (χ0v) is 13.2. The molecule has 0 radical (unpaired) electrons. The first kappa shape index (κ1) is 17.2. The van der Waals surface area contributed by atoms with Gasteiger partial charge in [0.15, 0.2) is 0 Å². The average Bonchev–Trinajstić information content (AvgIpc) is 2.55. The van der Waals surface area contributed by atoms with Crippen molar-refractivity contribution in [1.82, 2.24) is 0 Å². The predicted molar refractivity (Wildman–Crippen MR) is 85.7 cm³/mol. The molecule has 1 N–H and O–H groups in total. The van der Waals surface area contributed by atoms with Crippen LogP contribution in [-0.2, 0) is 16.1 Å². The summed E-state index contributed by atoms with van der Waals surface area (Å²) in [5.41, 5.74) is 1.63. The highest BCUT2D eigenvalue weighted by molar-refractivity contribution is 6.01. The molecule has 0 heterocycles. The van der Waals surface area contributed by atoms with Crippen molar-refractivity contribution >= 4 is 17.6 Å². The van der Waals surface area contributed by atoms with Gasteiger partial charge in [-0.15, -0.1) is 0 Å². The largest absolute Gasteiger partial charge is 0.457 e. The third-order valence-electron chi connectivity index (χ3n) is 3.33. The molecular weight excluding hydrogens is 311 g/mol. The summed E-state index contributed by atoms with van der Waals surface area (Å²) < 4.78 is 18.8. The number of nitrogens with one attached hydrogen (secondary N) is 1. The van der Waals surface area contributed by atoms with Crippen LogP contribution >= 0.6 is 0 Å². The van der Waals surface area contributed by atoms with Gasteiger partial charge in [0.05, 0.1) is 22.9 Å². The maximum Gasteiger partial charge on any atom is 0.340 e. The normalized spacial score (nSPS) is 9.92. The Balaban J connectivity index is 2.21. The number of aryl methyl sites for hydroxylation is 1. The Bertz CT molecular complexity index is 841. The minimum Gasteiger partial charge on any atom is -0.457 e. The molecule has 0 saturated heterocycles. The standard InChI is InChI=1S/C18H15FN2O3/c1-11-4-3-5-15(17(11)21-12(2)22)18(23)24-10-14-8-13(9-20)6-7-16(14)19/h3-8H,10H2,1-2H3,(H,21,22). The van der Waals surface area contributed by atoms with Gasteiger partial charge in [-0.05, 0) is 36.8 Å². The molecule has 2 rings (SSSR count). The van der Waals surface area contributed by atoms with E-state index >= 15 is 0 Å². The van der Waals surface area contributed by atoms with E-state index < -0.39 is 11.8 Å². The zero-order chi connectivity index (χ0) is 17.7. The van der Waals surface area contributed by atoms with Crippen molar-refractivity contribution in [3.8, 4) is 6.07 Å². The molecule has 122 valence electrons. The molecule has 0 unspecified atom stereocenters. The molecule has 0 aromatic heterocycles.